The lowest BCUT2D eigenvalue weighted by Gasteiger charge is -2.14. The molecule has 0 fully saturated rings. The summed E-state index contributed by atoms with van der Waals surface area (Å²) in [6.07, 6.45) is 1.03. The van der Waals surface area contributed by atoms with Gasteiger partial charge in [0.25, 0.3) is 5.91 Å². The van der Waals surface area contributed by atoms with Crippen molar-refractivity contribution < 1.29 is 19.0 Å². The summed E-state index contributed by atoms with van der Waals surface area (Å²) in [6.45, 7) is 6.72. The number of fused-ring (bicyclic) bond motifs is 1. The van der Waals surface area contributed by atoms with Crippen LogP contribution in [0.1, 0.15) is 30.5 Å². The van der Waals surface area contributed by atoms with Crippen molar-refractivity contribution in [1.29, 1.82) is 0 Å². The van der Waals surface area contributed by atoms with E-state index in [1.807, 2.05) is 39.0 Å². The number of amides is 1. The minimum absolute atomic E-state index is 0.0660. The van der Waals surface area contributed by atoms with Gasteiger partial charge in [0.2, 0.25) is 0 Å². The average Bonchev–Trinajstić information content (AvgIpc) is 3.00. The number of carbonyl (C=O) groups is 1. The number of aryl methyl sites for hydroxylation is 1. The van der Waals surface area contributed by atoms with Gasteiger partial charge in [0.1, 0.15) is 23.4 Å². The monoisotopic (exact) mass is 389 g/mol. The van der Waals surface area contributed by atoms with E-state index in [2.05, 4.69) is 5.32 Å². The summed E-state index contributed by atoms with van der Waals surface area (Å²) < 4.78 is 17.1. The molecule has 144 valence electrons. The molecule has 0 spiro atoms. The standard InChI is InChI=1S/C21H24ClNO4/c1-4-25-19-9-15-8-14(3)27-20(15)10-16(19)11-23-21(24)12-26-17-5-6-18(22)13(2)7-17/h5-7,9-10,14H,4,8,11-12H2,1-3H3,(H,23,24)/t14-/m1/s1. The van der Waals surface area contributed by atoms with Crippen molar-refractivity contribution in [3.63, 3.8) is 0 Å². The Balaban J connectivity index is 1.59. The molecule has 0 aromatic heterocycles. The van der Waals surface area contributed by atoms with Crippen LogP contribution >= 0.6 is 11.6 Å². The lowest BCUT2D eigenvalue weighted by Crippen LogP contribution is -2.28. The number of hydrogen-bond donors (Lipinski definition) is 1. The van der Waals surface area contributed by atoms with E-state index in [1.165, 1.54) is 0 Å². The normalized spacial score (nSPS) is 15.0. The SMILES string of the molecule is CCOc1cc2c(cc1CNC(=O)COc1ccc(Cl)c(C)c1)O[C@H](C)C2. The van der Waals surface area contributed by atoms with Gasteiger partial charge in [-0.2, -0.15) is 0 Å². The molecule has 0 aliphatic carbocycles. The lowest BCUT2D eigenvalue weighted by molar-refractivity contribution is -0.123. The Labute approximate surface area is 164 Å². The van der Waals surface area contributed by atoms with Crippen LogP contribution in [0.15, 0.2) is 30.3 Å². The molecule has 1 amide bonds. The first kappa shape index (κ1) is 19.4. The van der Waals surface area contributed by atoms with Crippen LogP contribution in [0.25, 0.3) is 0 Å². The van der Waals surface area contributed by atoms with Gasteiger partial charge in [0.05, 0.1) is 6.61 Å². The summed E-state index contributed by atoms with van der Waals surface area (Å²) in [5.41, 5.74) is 2.94. The van der Waals surface area contributed by atoms with Gasteiger partial charge >= 0.3 is 0 Å². The summed E-state index contributed by atoms with van der Waals surface area (Å²) in [4.78, 5) is 12.2. The second-order valence-corrected chi connectivity index (χ2v) is 7.02. The quantitative estimate of drug-likeness (QED) is 0.775. The largest absolute Gasteiger partial charge is 0.494 e. The van der Waals surface area contributed by atoms with Gasteiger partial charge in [0, 0.05) is 29.1 Å². The molecule has 0 radical (unpaired) electrons. The van der Waals surface area contributed by atoms with Crippen LogP contribution < -0.4 is 19.5 Å². The average molecular weight is 390 g/mol. The molecule has 0 saturated carbocycles. The van der Waals surface area contributed by atoms with E-state index in [1.54, 1.807) is 12.1 Å². The number of carbonyl (C=O) groups excluding carboxylic acids is 1. The summed E-state index contributed by atoms with van der Waals surface area (Å²) in [6, 6.07) is 9.27. The molecule has 6 heteroatoms. The Kier molecular flexibility index (Phi) is 6.11. The van der Waals surface area contributed by atoms with Crippen molar-refractivity contribution in [3.8, 4) is 17.2 Å². The summed E-state index contributed by atoms with van der Waals surface area (Å²) >= 11 is 5.99. The molecule has 27 heavy (non-hydrogen) atoms. The molecular formula is C21H24ClNO4. The third-order valence-corrected chi connectivity index (χ3v) is 4.78. The van der Waals surface area contributed by atoms with E-state index in [0.29, 0.717) is 23.9 Å². The third-order valence-electron chi connectivity index (χ3n) is 4.35. The lowest BCUT2D eigenvalue weighted by atomic mass is 10.1. The maximum Gasteiger partial charge on any atom is 0.258 e. The van der Waals surface area contributed by atoms with E-state index >= 15 is 0 Å². The smallest absolute Gasteiger partial charge is 0.258 e. The van der Waals surface area contributed by atoms with Crippen molar-refractivity contribution in [2.45, 2.75) is 39.8 Å². The van der Waals surface area contributed by atoms with Crippen LogP contribution in [0, 0.1) is 6.92 Å². The van der Waals surface area contributed by atoms with Crippen LogP contribution in [-0.4, -0.2) is 25.2 Å². The Bertz CT molecular complexity index is 837. The second kappa shape index (κ2) is 8.53. The molecule has 0 bridgehead atoms. The van der Waals surface area contributed by atoms with Gasteiger partial charge < -0.3 is 19.5 Å². The number of rotatable bonds is 7. The molecule has 1 N–H and O–H groups in total. The minimum Gasteiger partial charge on any atom is -0.494 e. The Hall–Kier alpha value is -2.40. The maximum absolute atomic E-state index is 12.2. The molecule has 5 nitrogen and oxygen atoms in total. The van der Waals surface area contributed by atoms with Gasteiger partial charge in [-0.05, 0) is 56.7 Å². The highest BCUT2D eigenvalue weighted by Crippen LogP contribution is 2.35. The number of hydrogen-bond acceptors (Lipinski definition) is 4. The predicted molar refractivity (Wildman–Crippen MR) is 105 cm³/mol. The van der Waals surface area contributed by atoms with Gasteiger partial charge in [-0.1, -0.05) is 11.6 Å². The molecule has 2 aromatic carbocycles. The van der Waals surface area contributed by atoms with Crippen molar-refractivity contribution in [1.82, 2.24) is 5.32 Å². The zero-order valence-corrected chi connectivity index (χ0v) is 16.6. The zero-order chi connectivity index (χ0) is 19.4. The fraction of sp³-hybridized carbons (Fsp3) is 0.381. The van der Waals surface area contributed by atoms with Crippen LogP contribution in [-0.2, 0) is 17.8 Å². The van der Waals surface area contributed by atoms with Crippen LogP contribution in [0.3, 0.4) is 0 Å². The Morgan fingerprint density at radius 1 is 1.30 bits per heavy atom. The van der Waals surface area contributed by atoms with Gasteiger partial charge in [-0.3, -0.25) is 4.79 Å². The fourth-order valence-corrected chi connectivity index (χ4v) is 3.13. The molecule has 0 saturated heterocycles. The highest BCUT2D eigenvalue weighted by Gasteiger charge is 2.22. The van der Waals surface area contributed by atoms with E-state index in [9.17, 15) is 4.79 Å². The first-order chi connectivity index (χ1) is 13.0. The molecule has 0 unspecified atom stereocenters. The second-order valence-electron chi connectivity index (χ2n) is 6.61. The van der Waals surface area contributed by atoms with Crippen LogP contribution in [0.5, 0.6) is 17.2 Å². The van der Waals surface area contributed by atoms with Gasteiger partial charge in [-0.25, -0.2) is 0 Å². The van der Waals surface area contributed by atoms with E-state index < -0.39 is 0 Å². The molecule has 1 atom stereocenters. The molecular weight excluding hydrogens is 366 g/mol. The fourth-order valence-electron chi connectivity index (χ4n) is 3.01. The molecule has 1 aliphatic rings. The number of ether oxygens (including phenoxy) is 3. The summed E-state index contributed by atoms with van der Waals surface area (Å²) in [7, 11) is 0. The van der Waals surface area contributed by atoms with Crippen molar-refractivity contribution >= 4 is 17.5 Å². The molecule has 3 rings (SSSR count). The number of nitrogens with one attached hydrogen (secondary N) is 1. The van der Waals surface area contributed by atoms with Gasteiger partial charge in [0.15, 0.2) is 6.61 Å². The Morgan fingerprint density at radius 2 is 2.11 bits per heavy atom. The minimum atomic E-state index is -0.208. The summed E-state index contributed by atoms with van der Waals surface area (Å²) in [5.74, 6) is 2.05. The van der Waals surface area contributed by atoms with Crippen molar-refractivity contribution in [2.75, 3.05) is 13.2 Å². The van der Waals surface area contributed by atoms with Crippen molar-refractivity contribution in [2.24, 2.45) is 0 Å². The van der Waals surface area contributed by atoms with Crippen LogP contribution in [0.4, 0.5) is 0 Å². The summed E-state index contributed by atoms with van der Waals surface area (Å²) in [5, 5.41) is 3.54. The van der Waals surface area contributed by atoms with Crippen molar-refractivity contribution in [3.05, 3.63) is 52.0 Å². The molecule has 1 heterocycles. The predicted octanol–water partition coefficient (Wildman–Crippen LogP) is 4.07. The number of halogens is 1. The highest BCUT2D eigenvalue weighted by atomic mass is 35.5. The van der Waals surface area contributed by atoms with Gasteiger partial charge in [-0.15, -0.1) is 0 Å². The maximum atomic E-state index is 12.2. The zero-order valence-electron chi connectivity index (χ0n) is 15.8. The molecule has 2 aromatic rings. The van der Waals surface area contributed by atoms with E-state index in [4.69, 9.17) is 25.8 Å². The first-order valence-electron chi connectivity index (χ1n) is 9.07. The Morgan fingerprint density at radius 3 is 2.85 bits per heavy atom. The third kappa shape index (κ3) is 4.86. The first-order valence-corrected chi connectivity index (χ1v) is 9.45. The molecule has 1 aliphatic heterocycles. The number of benzene rings is 2. The topological polar surface area (TPSA) is 56.8 Å². The van der Waals surface area contributed by atoms with E-state index in [-0.39, 0.29) is 18.6 Å². The van der Waals surface area contributed by atoms with E-state index in [0.717, 1.165) is 34.6 Å². The van der Waals surface area contributed by atoms with Crippen LogP contribution in [0.2, 0.25) is 5.02 Å². The highest BCUT2D eigenvalue weighted by molar-refractivity contribution is 6.31.